The minimum Gasteiger partial charge on any atom is -0.324 e. The Balaban J connectivity index is 2.40. The van der Waals surface area contributed by atoms with E-state index in [0.717, 1.165) is 24.3 Å². The van der Waals surface area contributed by atoms with E-state index in [4.69, 9.17) is 5.73 Å². The van der Waals surface area contributed by atoms with Crippen LogP contribution in [0.4, 0.5) is 17.6 Å². The van der Waals surface area contributed by atoms with Crippen molar-refractivity contribution in [2.24, 2.45) is 5.73 Å². The normalized spacial score (nSPS) is 14.0. The van der Waals surface area contributed by atoms with E-state index in [9.17, 15) is 17.6 Å². The Morgan fingerprint density at radius 3 is 1.62 bits per heavy atom. The molecular weight excluding hydrogens is 282 g/mol. The first-order valence-corrected chi connectivity index (χ1v) is 6.44. The molecule has 1 atom stereocenters. The Labute approximate surface area is 120 Å². The van der Waals surface area contributed by atoms with E-state index in [-0.39, 0.29) is 6.04 Å². The number of hydrogen-bond donors (Lipinski definition) is 1. The number of nitrogens with two attached hydrogens (primary N) is 1. The lowest BCUT2D eigenvalue weighted by Crippen LogP contribution is -2.35. The molecule has 0 bridgehead atoms. The summed E-state index contributed by atoms with van der Waals surface area (Å²) in [6.45, 7) is 1.69. The van der Waals surface area contributed by atoms with Crippen molar-refractivity contribution in [3.63, 3.8) is 0 Å². The lowest BCUT2D eigenvalue weighted by atomic mass is 9.95. The summed E-state index contributed by atoms with van der Waals surface area (Å²) in [6.07, 6.45) is 0. The van der Waals surface area contributed by atoms with Crippen LogP contribution in [0.3, 0.4) is 0 Å². The average Bonchev–Trinajstić information content (AvgIpc) is 2.48. The predicted molar refractivity (Wildman–Crippen MR) is 73.3 cm³/mol. The molecule has 2 aromatic rings. The smallest absolute Gasteiger partial charge is 0.324 e. The van der Waals surface area contributed by atoms with Gasteiger partial charge in [0, 0.05) is 17.2 Å². The molecule has 0 saturated carbocycles. The van der Waals surface area contributed by atoms with Gasteiger partial charge in [-0.15, -0.1) is 0 Å². The molecule has 0 aliphatic heterocycles. The molecule has 0 spiro atoms. The fourth-order valence-corrected chi connectivity index (χ4v) is 2.01. The number of benzene rings is 2. The highest BCUT2D eigenvalue weighted by Crippen LogP contribution is 2.49. The van der Waals surface area contributed by atoms with Gasteiger partial charge in [-0.25, -0.2) is 0 Å². The van der Waals surface area contributed by atoms with Gasteiger partial charge in [-0.2, -0.15) is 17.6 Å². The number of alkyl halides is 4. The molecule has 1 nitrogen and oxygen atoms in total. The monoisotopic (exact) mass is 297 g/mol. The second kappa shape index (κ2) is 5.48. The zero-order valence-corrected chi connectivity index (χ0v) is 11.4. The molecule has 0 heterocycles. The summed E-state index contributed by atoms with van der Waals surface area (Å²) in [5.41, 5.74) is 4.77. The Kier molecular flexibility index (Phi) is 4.05. The fraction of sp³-hybridized carbons (Fsp3) is 0.250. The second-order valence-electron chi connectivity index (χ2n) is 4.93. The summed E-state index contributed by atoms with van der Waals surface area (Å²) >= 11 is 0. The average molecular weight is 297 g/mol. The summed E-state index contributed by atoms with van der Waals surface area (Å²) < 4.78 is 56.5. The summed E-state index contributed by atoms with van der Waals surface area (Å²) in [4.78, 5) is 0. The van der Waals surface area contributed by atoms with Crippen LogP contribution in [0.15, 0.2) is 54.6 Å². The number of halogens is 4. The maximum absolute atomic E-state index is 14.2. The van der Waals surface area contributed by atoms with E-state index in [1.807, 2.05) is 0 Å². The van der Waals surface area contributed by atoms with Crippen LogP contribution < -0.4 is 5.73 Å². The van der Waals surface area contributed by atoms with E-state index >= 15 is 0 Å². The van der Waals surface area contributed by atoms with Crippen molar-refractivity contribution in [2.45, 2.75) is 24.8 Å². The molecule has 21 heavy (non-hydrogen) atoms. The first kappa shape index (κ1) is 15.5. The highest BCUT2D eigenvalue weighted by molar-refractivity contribution is 5.32. The van der Waals surface area contributed by atoms with Crippen LogP contribution >= 0.6 is 0 Å². The Morgan fingerprint density at radius 1 is 0.762 bits per heavy atom. The van der Waals surface area contributed by atoms with E-state index in [1.165, 1.54) is 30.3 Å². The maximum atomic E-state index is 14.2. The van der Waals surface area contributed by atoms with Crippen molar-refractivity contribution in [3.8, 4) is 0 Å². The molecule has 0 amide bonds. The molecule has 2 N–H and O–H groups in total. The Hall–Kier alpha value is -1.88. The zero-order valence-electron chi connectivity index (χ0n) is 11.4. The molecule has 5 heteroatoms. The first-order chi connectivity index (χ1) is 9.76. The van der Waals surface area contributed by atoms with Gasteiger partial charge >= 0.3 is 11.8 Å². The summed E-state index contributed by atoms with van der Waals surface area (Å²) in [6, 6.07) is 10.4. The van der Waals surface area contributed by atoms with Crippen molar-refractivity contribution >= 4 is 0 Å². The molecule has 0 aromatic heterocycles. The van der Waals surface area contributed by atoms with Gasteiger partial charge in [0.1, 0.15) is 0 Å². The van der Waals surface area contributed by atoms with E-state index in [1.54, 1.807) is 6.92 Å². The summed E-state index contributed by atoms with van der Waals surface area (Å²) in [5, 5.41) is 0. The van der Waals surface area contributed by atoms with Crippen LogP contribution in [0.25, 0.3) is 0 Å². The third-order valence-electron chi connectivity index (χ3n) is 3.33. The lowest BCUT2D eigenvalue weighted by molar-refractivity contribution is -0.223. The minimum atomic E-state index is -4.30. The number of hydrogen-bond acceptors (Lipinski definition) is 1. The van der Waals surface area contributed by atoms with E-state index < -0.39 is 23.0 Å². The van der Waals surface area contributed by atoms with Crippen molar-refractivity contribution < 1.29 is 17.6 Å². The molecule has 0 aliphatic carbocycles. The quantitative estimate of drug-likeness (QED) is 0.821. The molecule has 2 aromatic carbocycles. The van der Waals surface area contributed by atoms with Crippen LogP contribution in [-0.2, 0) is 11.8 Å². The van der Waals surface area contributed by atoms with Crippen LogP contribution in [0.2, 0.25) is 0 Å². The van der Waals surface area contributed by atoms with Gasteiger partial charge in [-0.1, -0.05) is 54.6 Å². The summed E-state index contributed by atoms with van der Waals surface area (Å²) in [5.74, 6) is -8.59. The van der Waals surface area contributed by atoms with Crippen molar-refractivity contribution in [2.75, 3.05) is 0 Å². The topological polar surface area (TPSA) is 26.0 Å². The third kappa shape index (κ3) is 2.78. The van der Waals surface area contributed by atoms with E-state index in [0.29, 0.717) is 5.56 Å². The predicted octanol–water partition coefficient (Wildman–Crippen LogP) is 4.59. The van der Waals surface area contributed by atoms with Crippen LogP contribution in [0.5, 0.6) is 0 Å². The first-order valence-electron chi connectivity index (χ1n) is 6.44. The molecular formula is C16H15F4N. The Bertz CT molecular complexity index is 591. The largest absolute Gasteiger partial charge is 0.339 e. The molecule has 0 radical (unpaired) electrons. The van der Waals surface area contributed by atoms with Crippen molar-refractivity contribution in [3.05, 3.63) is 71.3 Å². The minimum absolute atomic E-state index is 0.345. The van der Waals surface area contributed by atoms with Gasteiger partial charge in [0.25, 0.3) is 0 Å². The molecule has 0 fully saturated rings. The molecule has 0 saturated heterocycles. The van der Waals surface area contributed by atoms with Crippen LogP contribution in [0, 0.1) is 0 Å². The Morgan fingerprint density at radius 2 is 1.19 bits per heavy atom. The van der Waals surface area contributed by atoms with Gasteiger partial charge in [-0.3, -0.25) is 0 Å². The molecule has 0 unspecified atom stereocenters. The van der Waals surface area contributed by atoms with Crippen LogP contribution in [0.1, 0.15) is 29.7 Å². The van der Waals surface area contributed by atoms with Crippen LogP contribution in [-0.4, -0.2) is 0 Å². The zero-order chi connectivity index (χ0) is 15.7. The van der Waals surface area contributed by atoms with Crippen molar-refractivity contribution in [1.29, 1.82) is 0 Å². The van der Waals surface area contributed by atoms with Crippen molar-refractivity contribution in [1.82, 2.24) is 0 Å². The second-order valence-corrected chi connectivity index (χ2v) is 4.93. The SMILES string of the molecule is C[C@@H](N)c1ccc(C(F)(F)C(F)(F)c2ccccc2)cc1. The maximum Gasteiger partial charge on any atom is 0.339 e. The molecule has 2 rings (SSSR count). The van der Waals surface area contributed by atoms with Gasteiger partial charge in [0.15, 0.2) is 0 Å². The molecule has 0 aliphatic rings. The number of rotatable bonds is 4. The third-order valence-corrected chi connectivity index (χ3v) is 3.33. The van der Waals surface area contributed by atoms with Gasteiger partial charge in [-0.05, 0) is 12.5 Å². The van der Waals surface area contributed by atoms with Gasteiger partial charge in [0.2, 0.25) is 0 Å². The lowest BCUT2D eigenvalue weighted by Gasteiger charge is -2.27. The van der Waals surface area contributed by atoms with Gasteiger partial charge in [0.05, 0.1) is 0 Å². The van der Waals surface area contributed by atoms with Gasteiger partial charge < -0.3 is 5.73 Å². The highest BCUT2D eigenvalue weighted by atomic mass is 19.3. The standard InChI is InChI=1S/C16H15F4N/c1-11(21)12-7-9-14(10-8-12)16(19,20)15(17,18)13-5-3-2-4-6-13/h2-11H,21H2,1H3/t11-/m1/s1. The van der Waals surface area contributed by atoms with E-state index in [2.05, 4.69) is 0 Å². The fourth-order valence-electron chi connectivity index (χ4n) is 2.01. The molecule has 112 valence electrons. The highest BCUT2D eigenvalue weighted by Gasteiger charge is 2.58. The summed E-state index contributed by atoms with van der Waals surface area (Å²) in [7, 11) is 0.